The minimum Gasteiger partial charge on any atom is -0.457 e. The number of furan rings is 1. The fourth-order valence-electron chi connectivity index (χ4n) is 1.79. The number of imide groups is 1. The molecule has 1 N–H and O–H groups in total. The van der Waals surface area contributed by atoms with E-state index in [2.05, 4.69) is 5.32 Å². The number of amides is 2. The predicted octanol–water partition coefficient (Wildman–Crippen LogP) is 2.82. The highest BCUT2D eigenvalue weighted by Gasteiger charge is 2.24. The van der Waals surface area contributed by atoms with Crippen LogP contribution in [0.3, 0.4) is 0 Å². The van der Waals surface area contributed by atoms with Gasteiger partial charge in [-0.15, -0.1) is 0 Å². The van der Waals surface area contributed by atoms with E-state index in [0.29, 0.717) is 16.2 Å². The van der Waals surface area contributed by atoms with Crippen LogP contribution in [0.1, 0.15) is 16.1 Å². The Morgan fingerprint density at radius 3 is 2.77 bits per heavy atom. The summed E-state index contributed by atoms with van der Waals surface area (Å²) in [7, 11) is 0. The van der Waals surface area contributed by atoms with Crippen LogP contribution < -0.4 is 10.1 Å². The van der Waals surface area contributed by atoms with E-state index >= 15 is 0 Å². The Hall–Kier alpha value is -2.80. The van der Waals surface area contributed by atoms with Crippen LogP contribution in [0.15, 0.2) is 52.0 Å². The molecule has 22 heavy (non-hydrogen) atoms. The van der Waals surface area contributed by atoms with E-state index in [1.807, 2.05) is 0 Å². The lowest BCUT2D eigenvalue weighted by molar-refractivity contribution is -0.115. The molecule has 2 amide bonds. The van der Waals surface area contributed by atoms with Crippen molar-refractivity contribution in [3.05, 3.63) is 58.9 Å². The number of benzene rings is 1. The van der Waals surface area contributed by atoms with Crippen molar-refractivity contribution in [2.45, 2.75) is 0 Å². The van der Waals surface area contributed by atoms with Gasteiger partial charge in [0.1, 0.15) is 5.75 Å². The van der Waals surface area contributed by atoms with Crippen LogP contribution in [0.4, 0.5) is 4.79 Å². The average Bonchev–Trinajstić information content (AvgIpc) is 3.10. The molecule has 110 valence electrons. The van der Waals surface area contributed by atoms with Crippen LogP contribution in [0.2, 0.25) is 0 Å². The maximum Gasteiger partial charge on any atom is 0.379 e. The molecule has 0 atom stereocenters. The van der Waals surface area contributed by atoms with Crippen molar-refractivity contribution in [2.24, 2.45) is 0 Å². The quantitative estimate of drug-likeness (QED) is 0.532. The monoisotopic (exact) mass is 315 g/mol. The lowest BCUT2D eigenvalue weighted by Gasteiger charge is -2.03. The average molecular weight is 315 g/mol. The van der Waals surface area contributed by atoms with Crippen LogP contribution in [-0.2, 0) is 4.79 Å². The molecule has 0 saturated carbocycles. The molecule has 1 aromatic carbocycles. The number of hydrogen-bond acceptors (Lipinski definition) is 6. The summed E-state index contributed by atoms with van der Waals surface area (Å²) in [6, 6.07) is 9.69. The van der Waals surface area contributed by atoms with Gasteiger partial charge in [-0.05, 0) is 47.7 Å². The zero-order chi connectivity index (χ0) is 15.5. The number of carbonyl (C=O) groups excluding carboxylic acids is 3. The molecular formula is C15H9NO5S. The minimum atomic E-state index is -0.613. The maximum absolute atomic E-state index is 11.8. The first kappa shape index (κ1) is 14.2. The van der Waals surface area contributed by atoms with E-state index in [4.69, 9.17) is 9.15 Å². The fraction of sp³-hybridized carbons (Fsp3) is 0. The zero-order valence-corrected chi connectivity index (χ0v) is 11.9. The largest absolute Gasteiger partial charge is 0.457 e. The van der Waals surface area contributed by atoms with Gasteiger partial charge in [-0.25, -0.2) is 4.79 Å². The van der Waals surface area contributed by atoms with Gasteiger partial charge in [0.25, 0.3) is 11.1 Å². The van der Waals surface area contributed by atoms with Crippen LogP contribution in [-0.4, -0.2) is 17.1 Å². The normalized spacial score (nSPS) is 15.9. The molecule has 0 aliphatic carbocycles. The Bertz CT molecular complexity index is 779. The van der Waals surface area contributed by atoms with Crippen molar-refractivity contribution in [3.8, 4) is 5.75 Å². The van der Waals surface area contributed by atoms with Crippen molar-refractivity contribution < 1.29 is 23.5 Å². The SMILES string of the molecule is O=C1NC(=O)C(=Cc2cccc(OC(=O)c3ccco3)c2)S1. The summed E-state index contributed by atoms with van der Waals surface area (Å²) in [5, 5.41) is 1.77. The third kappa shape index (κ3) is 3.09. The summed E-state index contributed by atoms with van der Waals surface area (Å²) in [5.41, 5.74) is 0.636. The van der Waals surface area contributed by atoms with E-state index in [9.17, 15) is 14.4 Å². The molecule has 1 fully saturated rings. The van der Waals surface area contributed by atoms with Crippen LogP contribution in [0.25, 0.3) is 6.08 Å². The van der Waals surface area contributed by atoms with Gasteiger partial charge < -0.3 is 9.15 Å². The first-order chi connectivity index (χ1) is 10.6. The molecular weight excluding hydrogens is 306 g/mol. The predicted molar refractivity (Wildman–Crippen MR) is 79.2 cm³/mol. The van der Waals surface area contributed by atoms with Gasteiger partial charge in [0.05, 0.1) is 11.2 Å². The number of carbonyl (C=O) groups is 3. The van der Waals surface area contributed by atoms with E-state index in [0.717, 1.165) is 11.8 Å². The van der Waals surface area contributed by atoms with Gasteiger partial charge in [0.2, 0.25) is 5.76 Å². The molecule has 2 aromatic rings. The summed E-state index contributed by atoms with van der Waals surface area (Å²) in [6.45, 7) is 0. The van der Waals surface area contributed by atoms with Crippen molar-refractivity contribution in [2.75, 3.05) is 0 Å². The molecule has 1 aliphatic rings. The van der Waals surface area contributed by atoms with Gasteiger partial charge in [0.15, 0.2) is 0 Å². The van der Waals surface area contributed by atoms with E-state index in [1.165, 1.54) is 12.3 Å². The first-order valence-electron chi connectivity index (χ1n) is 6.22. The molecule has 1 saturated heterocycles. The summed E-state index contributed by atoms with van der Waals surface area (Å²) < 4.78 is 10.1. The van der Waals surface area contributed by atoms with Gasteiger partial charge in [-0.2, -0.15) is 0 Å². The van der Waals surface area contributed by atoms with Gasteiger partial charge in [-0.1, -0.05) is 12.1 Å². The molecule has 0 spiro atoms. The first-order valence-corrected chi connectivity index (χ1v) is 7.04. The van der Waals surface area contributed by atoms with Crippen LogP contribution in [0, 0.1) is 0 Å². The van der Waals surface area contributed by atoms with Gasteiger partial charge >= 0.3 is 5.97 Å². The highest BCUT2D eigenvalue weighted by atomic mass is 32.2. The number of rotatable bonds is 3. The number of hydrogen-bond donors (Lipinski definition) is 1. The molecule has 0 bridgehead atoms. The van der Waals surface area contributed by atoms with Gasteiger partial charge in [-0.3, -0.25) is 14.9 Å². The minimum absolute atomic E-state index is 0.0973. The Balaban J connectivity index is 1.78. The molecule has 2 heterocycles. The summed E-state index contributed by atoms with van der Waals surface area (Å²) in [6.07, 6.45) is 2.93. The maximum atomic E-state index is 11.8. The molecule has 3 rings (SSSR count). The molecule has 1 aromatic heterocycles. The second kappa shape index (κ2) is 5.90. The third-order valence-corrected chi connectivity index (χ3v) is 3.54. The van der Waals surface area contributed by atoms with Crippen molar-refractivity contribution >= 4 is 35.0 Å². The summed E-state index contributed by atoms with van der Waals surface area (Å²) in [5.74, 6) is -0.642. The fourth-order valence-corrected chi connectivity index (χ4v) is 2.47. The molecule has 1 aliphatic heterocycles. The smallest absolute Gasteiger partial charge is 0.379 e. The standard InChI is InChI=1S/C15H9NO5S/c17-13-12(22-15(19)16-13)8-9-3-1-4-10(7-9)21-14(18)11-5-2-6-20-11/h1-8H,(H,16,17,19). The van der Waals surface area contributed by atoms with Crippen molar-refractivity contribution in [1.29, 1.82) is 0 Å². The van der Waals surface area contributed by atoms with E-state index < -0.39 is 17.1 Å². The second-order valence-electron chi connectivity index (χ2n) is 4.29. The Morgan fingerprint density at radius 2 is 2.09 bits per heavy atom. The van der Waals surface area contributed by atoms with E-state index in [-0.39, 0.29) is 5.76 Å². The molecule has 0 unspecified atom stereocenters. The Labute approximate surface area is 129 Å². The van der Waals surface area contributed by atoms with Crippen LogP contribution in [0.5, 0.6) is 5.75 Å². The summed E-state index contributed by atoms with van der Waals surface area (Å²) >= 11 is 0.825. The molecule has 7 heteroatoms. The Kier molecular flexibility index (Phi) is 3.80. The second-order valence-corrected chi connectivity index (χ2v) is 5.31. The topological polar surface area (TPSA) is 85.6 Å². The third-order valence-electron chi connectivity index (χ3n) is 2.73. The van der Waals surface area contributed by atoms with Crippen molar-refractivity contribution in [3.63, 3.8) is 0 Å². The van der Waals surface area contributed by atoms with Gasteiger partial charge in [0, 0.05) is 0 Å². The lowest BCUT2D eigenvalue weighted by atomic mass is 10.2. The van der Waals surface area contributed by atoms with Crippen LogP contribution >= 0.6 is 11.8 Å². The number of ether oxygens (including phenoxy) is 1. The number of thioether (sulfide) groups is 1. The summed E-state index contributed by atoms with van der Waals surface area (Å²) in [4.78, 5) is 34.7. The van der Waals surface area contributed by atoms with Crippen molar-refractivity contribution in [1.82, 2.24) is 5.32 Å². The number of nitrogens with one attached hydrogen (secondary N) is 1. The zero-order valence-electron chi connectivity index (χ0n) is 11.1. The molecule has 0 radical (unpaired) electrons. The van der Waals surface area contributed by atoms with E-state index in [1.54, 1.807) is 36.4 Å². The Morgan fingerprint density at radius 1 is 1.23 bits per heavy atom. The molecule has 6 nitrogen and oxygen atoms in total. The highest BCUT2D eigenvalue weighted by molar-refractivity contribution is 8.18. The number of esters is 1. The highest BCUT2D eigenvalue weighted by Crippen LogP contribution is 2.26. The lowest BCUT2D eigenvalue weighted by Crippen LogP contribution is -2.17.